The van der Waals surface area contributed by atoms with Crippen LogP contribution in [0.15, 0.2) is 17.0 Å². The van der Waals surface area contributed by atoms with Crippen molar-refractivity contribution in [2.24, 2.45) is 0 Å². The van der Waals surface area contributed by atoms with Crippen LogP contribution in [0, 0.1) is 0 Å². The predicted molar refractivity (Wildman–Crippen MR) is 76.7 cm³/mol. The summed E-state index contributed by atoms with van der Waals surface area (Å²) in [4.78, 5) is 11.7. The largest absolute Gasteiger partial charge is 0.347 e. The van der Waals surface area contributed by atoms with Crippen molar-refractivity contribution in [1.82, 2.24) is 5.32 Å². The molecule has 0 unspecified atom stereocenters. The van der Waals surface area contributed by atoms with Crippen molar-refractivity contribution in [3.63, 3.8) is 0 Å². The molecule has 0 heterocycles. The Balaban J connectivity index is 3.40. The standard InChI is InChI=1S/C11H12Cl3NO3S/c1-11(2,3)15-10(16)8-6(12)4-5-7(9(8)13)19(14,17)18/h4-5H,1-3H3,(H,15,16). The van der Waals surface area contributed by atoms with E-state index >= 15 is 0 Å². The number of benzene rings is 1. The van der Waals surface area contributed by atoms with Crippen LogP contribution in [-0.2, 0) is 9.05 Å². The highest BCUT2D eigenvalue weighted by Gasteiger charge is 2.25. The minimum atomic E-state index is -4.05. The van der Waals surface area contributed by atoms with Crippen LogP contribution in [0.3, 0.4) is 0 Å². The lowest BCUT2D eigenvalue weighted by atomic mass is 10.1. The van der Waals surface area contributed by atoms with Gasteiger partial charge in [-0.15, -0.1) is 0 Å². The van der Waals surface area contributed by atoms with Crippen molar-refractivity contribution in [3.8, 4) is 0 Å². The molecule has 8 heteroatoms. The molecule has 0 saturated heterocycles. The molecule has 0 saturated carbocycles. The smallest absolute Gasteiger partial charge is 0.262 e. The summed E-state index contributed by atoms with van der Waals surface area (Å²) in [6, 6.07) is 2.42. The highest BCUT2D eigenvalue weighted by molar-refractivity contribution is 8.13. The normalized spacial score (nSPS) is 12.3. The lowest BCUT2D eigenvalue weighted by Crippen LogP contribution is -2.40. The fourth-order valence-electron chi connectivity index (χ4n) is 1.33. The first-order valence-electron chi connectivity index (χ1n) is 5.18. The van der Waals surface area contributed by atoms with Gasteiger partial charge in [-0.2, -0.15) is 0 Å². The van der Waals surface area contributed by atoms with E-state index in [4.69, 9.17) is 33.9 Å². The van der Waals surface area contributed by atoms with E-state index < -0.39 is 20.5 Å². The fourth-order valence-corrected chi connectivity index (χ4v) is 3.23. The molecular formula is C11H12Cl3NO3S. The first-order valence-corrected chi connectivity index (χ1v) is 8.25. The van der Waals surface area contributed by atoms with Gasteiger partial charge in [-0.3, -0.25) is 4.79 Å². The summed E-state index contributed by atoms with van der Waals surface area (Å²) in [5.41, 5.74) is -0.625. The van der Waals surface area contributed by atoms with Gasteiger partial charge in [0.05, 0.1) is 15.6 Å². The highest BCUT2D eigenvalue weighted by Crippen LogP contribution is 2.33. The number of carbonyl (C=O) groups is 1. The van der Waals surface area contributed by atoms with Crippen molar-refractivity contribution < 1.29 is 13.2 Å². The van der Waals surface area contributed by atoms with E-state index in [2.05, 4.69) is 5.32 Å². The molecule has 0 fully saturated rings. The number of hydrogen-bond acceptors (Lipinski definition) is 3. The zero-order valence-corrected chi connectivity index (χ0v) is 13.5. The molecule has 0 aromatic heterocycles. The number of amides is 1. The third kappa shape index (κ3) is 4.24. The monoisotopic (exact) mass is 343 g/mol. The molecule has 0 aliphatic carbocycles. The molecule has 0 aliphatic rings. The Kier molecular flexibility index (Phi) is 4.78. The van der Waals surface area contributed by atoms with Gasteiger partial charge in [0.1, 0.15) is 4.90 Å². The Morgan fingerprint density at radius 2 is 1.74 bits per heavy atom. The SMILES string of the molecule is CC(C)(C)NC(=O)c1c(Cl)ccc(S(=O)(=O)Cl)c1Cl. The summed E-state index contributed by atoms with van der Waals surface area (Å²) in [5, 5.41) is 2.41. The lowest BCUT2D eigenvalue weighted by Gasteiger charge is -2.21. The van der Waals surface area contributed by atoms with Crippen LogP contribution in [0.25, 0.3) is 0 Å². The summed E-state index contributed by atoms with van der Waals surface area (Å²) in [6.45, 7) is 5.32. The number of rotatable bonds is 2. The summed E-state index contributed by atoms with van der Waals surface area (Å²) in [7, 11) is 1.19. The second kappa shape index (κ2) is 5.48. The summed E-state index contributed by atoms with van der Waals surface area (Å²) in [5.74, 6) is -0.565. The van der Waals surface area contributed by atoms with Gasteiger partial charge in [0, 0.05) is 16.2 Å². The van der Waals surface area contributed by atoms with Crippen molar-refractivity contribution in [1.29, 1.82) is 0 Å². The second-order valence-corrected chi connectivity index (χ2v) is 8.20. The van der Waals surface area contributed by atoms with Gasteiger partial charge in [-0.1, -0.05) is 23.2 Å². The van der Waals surface area contributed by atoms with E-state index in [1.807, 2.05) is 0 Å². The van der Waals surface area contributed by atoms with Crippen LogP contribution < -0.4 is 5.32 Å². The molecule has 0 atom stereocenters. The Bertz CT molecular complexity index is 621. The molecule has 0 spiro atoms. The molecule has 4 nitrogen and oxygen atoms in total. The first-order chi connectivity index (χ1) is 8.43. The molecule has 0 radical (unpaired) electrons. The molecule has 0 bridgehead atoms. The molecule has 106 valence electrons. The third-order valence-electron chi connectivity index (χ3n) is 2.03. The number of halogens is 3. The Morgan fingerprint density at radius 3 is 2.16 bits per heavy atom. The van der Waals surface area contributed by atoms with E-state index in [9.17, 15) is 13.2 Å². The summed E-state index contributed by atoms with van der Waals surface area (Å²) >= 11 is 11.8. The third-order valence-corrected chi connectivity index (χ3v) is 4.22. The van der Waals surface area contributed by atoms with Crippen LogP contribution in [-0.4, -0.2) is 19.9 Å². The summed E-state index contributed by atoms with van der Waals surface area (Å²) in [6.07, 6.45) is 0. The van der Waals surface area contributed by atoms with E-state index in [1.54, 1.807) is 20.8 Å². The average Bonchev–Trinajstić information content (AvgIpc) is 2.11. The van der Waals surface area contributed by atoms with Gasteiger partial charge in [0.15, 0.2) is 0 Å². The van der Waals surface area contributed by atoms with Crippen LogP contribution >= 0.6 is 33.9 Å². The Labute approximate surface area is 126 Å². The van der Waals surface area contributed by atoms with Gasteiger partial charge in [0.2, 0.25) is 0 Å². The van der Waals surface area contributed by atoms with Gasteiger partial charge in [0.25, 0.3) is 15.0 Å². The van der Waals surface area contributed by atoms with Crippen molar-refractivity contribution >= 4 is 48.8 Å². The average molecular weight is 345 g/mol. The molecule has 1 rings (SSSR count). The topological polar surface area (TPSA) is 63.2 Å². The zero-order valence-electron chi connectivity index (χ0n) is 10.4. The fraction of sp³-hybridized carbons (Fsp3) is 0.364. The number of carbonyl (C=O) groups excluding carboxylic acids is 1. The van der Waals surface area contributed by atoms with Crippen LogP contribution in [0.2, 0.25) is 10.0 Å². The molecule has 1 amide bonds. The maximum Gasteiger partial charge on any atom is 0.262 e. The van der Waals surface area contributed by atoms with Crippen LogP contribution in [0.1, 0.15) is 31.1 Å². The van der Waals surface area contributed by atoms with E-state index in [-0.39, 0.29) is 20.5 Å². The van der Waals surface area contributed by atoms with E-state index in [0.29, 0.717) is 0 Å². The van der Waals surface area contributed by atoms with Gasteiger partial charge >= 0.3 is 0 Å². The molecule has 19 heavy (non-hydrogen) atoms. The van der Waals surface area contributed by atoms with Crippen LogP contribution in [0.4, 0.5) is 0 Å². The predicted octanol–water partition coefficient (Wildman–Crippen LogP) is 3.45. The van der Waals surface area contributed by atoms with Gasteiger partial charge in [-0.05, 0) is 32.9 Å². The quantitative estimate of drug-likeness (QED) is 0.836. The Morgan fingerprint density at radius 1 is 1.21 bits per heavy atom. The maximum absolute atomic E-state index is 12.1. The van der Waals surface area contributed by atoms with Crippen molar-refractivity contribution in [2.45, 2.75) is 31.2 Å². The highest BCUT2D eigenvalue weighted by atomic mass is 35.7. The Hall–Kier alpha value is -0.490. The minimum Gasteiger partial charge on any atom is -0.347 e. The summed E-state index contributed by atoms with van der Waals surface area (Å²) < 4.78 is 22.7. The lowest BCUT2D eigenvalue weighted by molar-refractivity contribution is 0.0919. The van der Waals surface area contributed by atoms with Gasteiger partial charge in [-0.25, -0.2) is 8.42 Å². The van der Waals surface area contributed by atoms with Crippen LogP contribution in [0.5, 0.6) is 0 Å². The minimum absolute atomic E-state index is 0.0517. The molecule has 1 aromatic rings. The molecule has 0 aliphatic heterocycles. The molecular weight excluding hydrogens is 333 g/mol. The molecule has 1 aromatic carbocycles. The number of hydrogen-bond donors (Lipinski definition) is 1. The number of nitrogens with one attached hydrogen (secondary N) is 1. The maximum atomic E-state index is 12.1. The molecule has 1 N–H and O–H groups in total. The van der Waals surface area contributed by atoms with E-state index in [1.165, 1.54) is 6.07 Å². The first kappa shape index (κ1) is 16.6. The second-order valence-electron chi connectivity index (χ2n) is 4.88. The van der Waals surface area contributed by atoms with Crippen molar-refractivity contribution in [3.05, 3.63) is 27.7 Å². The van der Waals surface area contributed by atoms with Gasteiger partial charge < -0.3 is 5.32 Å². The van der Waals surface area contributed by atoms with Crippen molar-refractivity contribution in [2.75, 3.05) is 0 Å². The van der Waals surface area contributed by atoms with E-state index in [0.717, 1.165) is 6.07 Å². The zero-order chi connectivity index (χ0) is 15.0.